The van der Waals surface area contributed by atoms with Gasteiger partial charge in [0.25, 0.3) is 0 Å². The standard InChI is InChI=1S/C25H30O8/c1-2-3-16-5-6-18(25-23(29)21(27)22(28)24(13-26,33-25)14-32-25)12-17(16)10-15-4-7-19-20(11-15)31-9-8-30-19/h4-7,11-12,21-23,26-29H,2-3,8-10,13-14H2,1H3/t21-,22-,23+,24-,25-/m0/s1. The van der Waals surface area contributed by atoms with Crippen molar-refractivity contribution < 1.29 is 39.4 Å². The summed E-state index contributed by atoms with van der Waals surface area (Å²) >= 11 is 0. The number of fused-ring (bicyclic) bond motifs is 3. The van der Waals surface area contributed by atoms with Crippen molar-refractivity contribution >= 4 is 0 Å². The van der Waals surface area contributed by atoms with Gasteiger partial charge in [0, 0.05) is 5.56 Å². The molecule has 0 amide bonds. The van der Waals surface area contributed by atoms with Crippen LogP contribution < -0.4 is 9.47 Å². The highest BCUT2D eigenvalue weighted by Crippen LogP contribution is 2.49. The van der Waals surface area contributed by atoms with Crippen molar-refractivity contribution in [3.63, 3.8) is 0 Å². The Balaban J connectivity index is 1.52. The lowest BCUT2D eigenvalue weighted by Crippen LogP contribution is -2.65. The van der Waals surface area contributed by atoms with Crippen LogP contribution in [-0.4, -0.2) is 70.8 Å². The van der Waals surface area contributed by atoms with Gasteiger partial charge in [-0.3, -0.25) is 0 Å². The molecule has 2 saturated heterocycles. The fraction of sp³-hybridized carbons (Fsp3) is 0.520. The van der Waals surface area contributed by atoms with Crippen LogP contribution in [0.4, 0.5) is 0 Å². The molecule has 0 radical (unpaired) electrons. The summed E-state index contributed by atoms with van der Waals surface area (Å²) in [4.78, 5) is 0. The van der Waals surface area contributed by atoms with Gasteiger partial charge in [-0.05, 0) is 47.7 Å². The molecule has 178 valence electrons. The molecule has 33 heavy (non-hydrogen) atoms. The fourth-order valence-electron chi connectivity index (χ4n) is 5.01. The number of hydrogen-bond donors (Lipinski definition) is 4. The number of ether oxygens (including phenoxy) is 4. The van der Waals surface area contributed by atoms with Crippen molar-refractivity contribution in [1.82, 2.24) is 0 Å². The zero-order chi connectivity index (χ0) is 23.2. The van der Waals surface area contributed by atoms with Gasteiger partial charge in [-0.15, -0.1) is 0 Å². The topological polar surface area (TPSA) is 118 Å². The minimum Gasteiger partial charge on any atom is -0.486 e. The lowest BCUT2D eigenvalue weighted by Gasteiger charge is -2.46. The lowest BCUT2D eigenvalue weighted by molar-refractivity contribution is -0.329. The molecule has 0 aromatic heterocycles. The largest absolute Gasteiger partial charge is 0.486 e. The summed E-state index contributed by atoms with van der Waals surface area (Å²) in [5.41, 5.74) is 2.27. The second kappa shape index (κ2) is 8.54. The Kier molecular flexibility index (Phi) is 5.84. The molecule has 2 fully saturated rings. The van der Waals surface area contributed by atoms with Gasteiger partial charge in [0.2, 0.25) is 5.79 Å². The molecule has 0 aliphatic carbocycles. The molecule has 4 N–H and O–H groups in total. The molecule has 5 atom stereocenters. The normalized spacial score (nSPS) is 32.7. The molecule has 3 heterocycles. The van der Waals surface area contributed by atoms with Crippen molar-refractivity contribution in [3.8, 4) is 11.5 Å². The molecular weight excluding hydrogens is 428 g/mol. The summed E-state index contributed by atoms with van der Waals surface area (Å²) in [6.45, 7) is 2.48. The average Bonchev–Trinajstić information content (AvgIpc) is 3.23. The molecule has 3 aliphatic rings. The van der Waals surface area contributed by atoms with E-state index in [1.54, 1.807) is 0 Å². The van der Waals surface area contributed by atoms with E-state index in [4.69, 9.17) is 18.9 Å². The number of benzene rings is 2. The predicted molar refractivity (Wildman–Crippen MR) is 117 cm³/mol. The van der Waals surface area contributed by atoms with Crippen molar-refractivity contribution in [1.29, 1.82) is 0 Å². The zero-order valence-corrected chi connectivity index (χ0v) is 18.6. The first-order chi connectivity index (χ1) is 15.9. The molecule has 3 aliphatic heterocycles. The van der Waals surface area contributed by atoms with Gasteiger partial charge in [-0.1, -0.05) is 31.5 Å². The van der Waals surface area contributed by atoms with E-state index in [9.17, 15) is 20.4 Å². The van der Waals surface area contributed by atoms with Gasteiger partial charge in [0.15, 0.2) is 11.5 Å². The van der Waals surface area contributed by atoms with E-state index < -0.39 is 36.3 Å². The first kappa shape index (κ1) is 22.6. The lowest BCUT2D eigenvalue weighted by atomic mass is 9.83. The highest BCUT2D eigenvalue weighted by atomic mass is 16.8. The highest BCUT2D eigenvalue weighted by Gasteiger charge is 2.67. The number of hydrogen-bond acceptors (Lipinski definition) is 8. The Hall–Kier alpha value is -2.20. The summed E-state index contributed by atoms with van der Waals surface area (Å²) in [6.07, 6.45) is -2.06. The Bertz CT molecular complexity index is 1030. The maximum atomic E-state index is 10.9. The zero-order valence-electron chi connectivity index (χ0n) is 18.6. The highest BCUT2D eigenvalue weighted by molar-refractivity contribution is 5.46. The predicted octanol–water partition coefficient (Wildman–Crippen LogP) is 1.03. The van der Waals surface area contributed by atoms with Crippen LogP contribution in [0.2, 0.25) is 0 Å². The minimum absolute atomic E-state index is 0.146. The van der Waals surface area contributed by atoms with E-state index >= 15 is 0 Å². The van der Waals surface area contributed by atoms with Crippen molar-refractivity contribution in [2.24, 2.45) is 0 Å². The van der Waals surface area contributed by atoms with Crippen molar-refractivity contribution in [3.05, 3.63) is 58.7 Å². The van der Waals surface area contributed by atoms with Gasteiger partial charge in [-0.25, -0.2) is 0 Å². The molecule has 0 unspecified atom stereocenters. The maximum Gasteiger partial charge on any atom is 0.225 e. The second-order valence-electron chi connectivity index (χ2n) is 9.05. The molecule has 0 saturated carbocycles. The van der Waals surface area contributed by atoms with E-state index in [-0.39, 0.29) is 6.61 Å². The third kappa shape index (κ3) is 3.62. The van der Waals surface area contributed by atoms with E-state index in [1.165, 1.54) is 0 Å². The van der Waals surface area contributed by atoms with Crippen LogP contribution in [-0.2, 0) is 28.1 Å². The number of aryl methyl sites for hydroxylation is 1. The van der Waals surface area contributed by atoms with Gasteiger partial charge in [-0.2, -0.15) is 0 Å². The molecule has 2 aromatic rings. The number of aliphatic hydroxyl groups excluding tert-OH is 4. The SMILES string of the molecule is CCCc1ccc([C@]23OC[C@](CO)(O2)[C@@H](O)[C@H](O)[C@H]3O)cc1Cc1ccc2c(c1)OCCO2. The Morgan fingerprint density at radius 3 is 2.48 bits per heavy atom. The van der Waals surface area contributed by atoms with E-state index in [0.717, 1.165) is 41.0 Å². The van der Waals surface area contributed by atoms with Gasteiger partial charge in [0.05, 0.1) is 13.2 Å². The molecule has 8 nitrogen and oxygen atoms in total. The summed E-state index contributed by atoms with van der Waals surface area (Å²) in [5.74, 6) is -0.217. The van der Waals surface area contributed by atoms with E-state index in [0.29, 0.717) is 25.2 Å². The van der Waals surface area contributed by atoms with E-state index in [1.807, 2.05) is 36.4 Å². The Morgan fingerprint density at radius 2 is 1.73 bits per heavy atom. The summed E-state index contributed by atoms with van der Waals surface area (Å²) in [5, 5.41) is 41.7. The third-order valence-corrected chi connectivity index (χ3v) is 6.86. The van der Waals surface area contributed by atoms with Crippen LogP contribution in [0.15, 0.2) is 36.4 Å². The van der Waals surface area contributed by atoms with Gasteiger partial charge < -0.3 is 39.4 Å². The van der Waals surface area contributed by atoms with E-state index in [2.05, 4.69) is 6.92 Å². The summed E-state index contributed by atoms with van der Waals surface area (Å²) in [6, 6.07) is 11.6. The molecule has 2 aromatic carbocycles. The second-order valence-corrected chi connectivity index (χ2v) is 9.05. The molecule has 5 rings (SSSR count). The fourth-order valence-corrected chi connectivity index (χ4v) is 5.01. The third-order valence-electron chi connectivity index (χ3n) is 6.86. The summed E-state index contributed by atoms with van der Waals surface area (Å²) in [7, 11) is 0. The van der Waals surface area contributed by atoms with Crippen molar-refractivity contribution in [2.75, 3.05) is 26.4 Å². The molecule has 2 bridgehead atoms. The van der Waals surface area contributed by atoms with Crippen LogP contribution in [0, 0.1) is 0 Å². The Labute approximate surface area is 192 Å². The maximum absolute atomic E-state index is 10.9. The Morgan fingerprint density at radius 1 is 0.939 bits per heavy atom. The first-order valence-corrected chi connectivity index (χ1v) is 11.4. The monoisotopic (exact) mass is 458 g/mol. The smallest absolute Gasteiger partial charge is 0.225 e. The average molecular weight is 459 g/mol. The van der Waals surface area contributed by atoms with Crippen LogP contribution in [0.5, 0.6) is 11.5 Å². The van der Waals surface area contributed by atoms with Crippen LogP contribution in [0.1, 0.15) is 35.6 Å². The van der Waals surface area contributed by atoms with Crippen molar-refractivity contribution in [2.45, 2.75) is 55.9 Å². The van der Waals surface area contributed by atoms with Crippen LogP contribution in [0.3, 0.4) is 0 Å². The molecular formula is C25H30O8. The molecule has 0 spiro atoms. The number of rotatable bonds is 6. The summed E-state index contributed by atoms with van der Waals surface area (Å²) < 4.78 is 23.2. The quantitative estimate of drug-likeness (QED) is 0.507. The van der Waals surface area contributed by atoms with Gasteiger partial charge in [0.1, 0.15) is 37.1 Å². The van der Waals surface area contributed by atoms with Crippen LogP contribution >= 0.6 is 0 Å². The number of aliphatic hydroxyl groups is 4. The van der Waals surface area contributed by atoms with Gasteiger partial charge >= 0.3 is 0 Å². The first-order valence-electron chi connectivity index (χ1n) is 11.4. The van der Waals surface area contributed by atoms with Crippen LogP contribution in [0.25, 0.3) is 0 Å². The minimum atomic E-state index is -1.67. The molecule has 8 heteroatoms.